The molecule has 3 N–H and O–H groups in total. The first-order valence-electron chi connectivity index (χ1n) is 6.09. The number of alkyl halides is 3. The lowest BCUT2D eigenvalue weighted by Crippen LogP contribution is -2.10. The Morgan fingerprint density at radius 2 is 1.84 bits per heavy atom. The van der Waals surface area contributed by atoms with E-state index in [1.165, 1.54) is 7.05 Å². The number of rotatable bonds is 7. The van der Waals surface area contributed by atoms with Crippen molar-refractivity contribution in [2.75, 3.05) is 30.8 Å². The second-order valence-corrected chi connectivity index (χ2v) is 4.09. The minimum atomic E-state index is -4.39. The highest BCUT2D eigenvalue weighted by Gasteiger charge is 2.31. The zero-order valence-electron chi connectivity index (χ0n) is 10.7. The van der Waals surface area contributed by atoms with Gasteiger partial charge >= 0.3 is 6.18 Å². The van der Waals surface area contributed by atoms with Gasteiger partial charge < -0.3 is 15.7 Å². The maximum absolute atomic E-state index is 12.7. The summed E-state index contributed by atoms with van der Waals surface area (Å²) >= 11 is 0. The zero-order valence-corrected chi connectivity index (χ0v) is 10.7. The van der Waals surface area contributed by atoms with E-state index < -0.39 is 11.7 Å². The first-order chi connectivity index (χ1) is 8.97. The average Bonchev–Trinajstić information content (AvgIpc) is 2.37. The lowest BCUT2D eigenvalue weighted by atomic mass is 10.2. The van der Waals surface area contributed by atoms with Gasteiger partial charge in [-0.2, -0.15) is 13.2 Å². The number of hydrogen-bond acceptors (Lipinski definition) is 4. The number of aliphatic hydroxyl groups excluding tert-OH is 1. The Morgan fingerprint density at radius 3 is 2.42 bits per heavy atom. The predicted molar refractivity (Wildman–Crippen MR) is 68.2 cm³/mol. The Kier molecular flexibility index (Phi) is 5.88. The summed E-state index contributed by atoms with van der Waals surface area (Å²) in [5.74, 6) is 0.371. The fraction of sp³-hybridized carbons (Fsp3) is 0.583. The van der Waals surface area contributed by atoms with Crippen LogP contribution >= 0.6 is 0 Å². The van der Waals surface area contributed by atoms with Crippen molar-refractivity contribution in [1.82, 2.24) is 4.98 Å². The van der Waals surface area contributed by atoms with E-state index in [4.69, 9.17) is 5.11 Å². The van der Waals surface area contributed by atoms with Crippen LogP contribution in [-0.4, -0.2) is 30.3 Å². The number of halogens is 3. The van der Waals surface area contributed by atoms with Gasteiger partial charge in [-0.05, 0) is 31.4 Å². The van der Waals surface area contributed by atoms with Crippen molar-refractivity contribution >= 4 is 11.6 Å². The third-order valence-electron chi connectivity index (χ3n) is 2.55. The van der Waals surface area contributed by atoms with Gasteiger partial charge in [0.15, 0.2) is 0 Å². The summed E-state index contributed by atoms with van der Waals surface area (Å²) in [4.78, 5) is 4.01. The van der Waals surface area contributed by atoms with Crippen molar-refractivity contribution in [1.29, 1.82) is 0 Å². The van der Waals surface area contributed by atoms with Gasteiger partial charge in [-0.15, -0.1) is 0 Å². The third kappa shape index (κ3) is 5.34. The van der Waals surface area contributed by atoms with Gasteiger partial charge in [0.2, 0.25) is 0 Å². The second-order valence-electron chi connectivity index (χ2n) is 4.09. The van der Waals surface area contributed by atoms with Crippen molar-refractivity contribution in [2.45, 2.75) is 25.4 Å². The number of nitrogens with zero attached hydrogens (tertiary/aromatic N) is 1. The lowest BCUT2D eigenvalue weighted by Gasteiger charge is -2.12. The van der Waals surface area contributed by atoms with Crippen molar-refractivity contribution in [3.8, 4) is 0 Å². The summed E-state index contributed by atoms with van der Waals surface area (Å²) in [5.41, 5.74) is -0.732. The molecule has 0 unspecified atom stereocenters. The van der Waals surface area contributed by atoms with Crippen LogP contribution in [0.15, 0.2) is 12.1 Å². The normalized spacial score (nSPS) is 11.4. The number of anilines is 2. The molecule has 0 radical (unpaired) electrons. The fourth-order valence-electron chi connectivity index (χ4n) is 1.54. The summed E-state index contributed by atoms with van der Waals surface area (Å²) in [6, 6.07) is 1.96. The van der Waals surface area contributed by atoms with Gasteiger partial charge in [-0.25, -0.2) is 4.98 Å². The van der Waals surface area contributed by atoms with Crippen molar-refractivity contribution in [3.05, 3.63) is 17.7 Å². The number of aliphatic hydroxyl groups is 1. The second kappa shape index (κ2) is 7.18. The molecule has 0 bridgehead atoms. The summed E-state index contributed by atoms with van der Waals surface area (Å²) in [6.45, 7) is 0.656. The van der Waals surface area contributed by atoms with Crippen LogP contribution < -0.4 is 10.6 Å². The van der Waals surface area contributed by atoms with Crippen LogP contribution in [0.3, 0.4) is 0 Å². The molecule has 0 aliphatic heterocycles. The van der Waals surface area contributed by atoms with Crippen LogP contribution in [0.5, 0.6) is 0 Å². The van der Waals surface area contributed by atoms with Crippen LogP contribution in [0, 0.1) is 0 Å². The lowest BCUT2D eigenvalue weighted by molar-refractivity contribution is -0.137. The van der Waals surface area contributed by atoms with Gasteiger partial charge in [0.25, 0.3) is 0 Å². The highest BCUT2D eigenvalue weighted by Crippen LogP contribution is 2.31. The van der Waals surface area contributed by atoms with E-state index in [1.807, 2.05) is 0 Å². The Morgan fingerprint density at radius 1 is 1.16 bits per heavy atom. The van der Waals surface area contributed by atoms with Crippen LogP contribution in [0.4, 0.5) is 24.8 Å². The minimum Gasteiger partial charge on any atom is -0.396 e. The largest absolute Gasteiger partial charge is 0.416 e. The quantitative estimate of drug-likeness (QED) is 0.671. The van der Waals surface area contributed by atoms with E-state index in [9.17, 15) is 13.2 Å². The van der Waals surface area contributed by atoms with Gasteiger partial charge in [0, 0.05) is 20.2 Å². The maximum atomic E-state index is 12.7. The minimum absolute atomic E-state index is 0.131. The maximum Gasteiger partial charge on any atom is 0.416 e. The van der Waals surface area contributed by atoms with E-state index in [-0.39, 0.29) is 18.2 Å². The molecule has 0 fully saturated rings. The molecular weight excluding hydrogens is 259 g/mol. The summed E-state index contributed by atoms with van der Waals surface area (Å²) in [5, 5.41) is 14.1. The number of unbranched alkanes of at least 4 members (excludes halogenated alkanes) is 2. The highest BCUT2D eigenvalue weighted by molar-refractivity contribution is 5.49. The SMILES string of the molecule is CNc1cc(C(F)(F)F)cc(NCCCCCO)n1. The van der Waals surface area contributed by atoms with Crippen LogP contribution in [0.25, 0.3) is 0 Å². The Labute approximate surface area is 110 Å². The van der Waals surface area contributed by atoms with Gasteiger partial charge in [0.05, 0.1) is 5.56 Å². The van der Waals surface area contributed by atoms with E-state index in [0.717, 1.165) is 25.0 Å². The monoisotopic (exact) mass is 277 g/mol. The molecule has 0 aliphatic rings. The number of aromatic nitrogens is 1. The van der Waals surface area contributed by atoms with Gasteiger partial charge in [-0.3, -0.25) is 0 Å². The predicted octanol–water partition coefficient (Wildman–Crippen LogP) is 2.72. The molecule has 0 aromatic carbocycles. The standard InChI is InChI=1S/C12H18F3N3O/c1-16-10-7-9(12(13,14)15)8-11(18-10)17-5-3-2-4-6-19/h7-8,19H,2-6H2,1H3,(H2,16,17,18). The van der Waals surface area contributed by atoms with E-state index in [2.05, 4.69) is 15.6 Å². The van der Waals surface area contributed by atoms with E-state index in [1.54, 1.807) is 0 Å². The molecule has 1 rings (SSSR count). The molecule has 0 saturated carbocycles. The molecule has 1 aromatic rings. The molecule has 0 amide bonds. The smallest absolute Gasteiger partial charge is 0.396 e. The number of nitrogens with one attached hydrogen (secondary N) is 2. The van der Waals surface area contributed by atoms with Crippen molar-refractivity contribution in [3.63, 3.8) is 0 Å². The number of hydrogen-bond donors (Lipinski definition) is 3. The van der Waals surface area contributed by atoms with Crippen LogP contribution in [-0.2, 0) is 6.18 Å². The molecule has 4 nitrogen and oxygen atoms in total. The highest BCUT2D eigenvalue weighted by atomic mass is 19.4. The molecule has 19 heavy (non-hydrogen) atoms. The van der Waals surface area contributed by atoms with E-state index in [0.29, 0.717) is 13.0 Å². The molecule has 0 aliphatic carbocycles. The van der Waals surface area contributed by atoms with Gasteiger partial charge in [0.1, 0.15) is 11.6 Å². The molecule has 0 saturated heterocycles. The summed E-state index contributed by atoms with van der Waals surface area (Å²) < 4.78 is 38.0. The Bertz CT molecular complexity index is 396. The van der Waals surface area contributed by atoms with Crippen molar-refractivity contribution < 1.29 is 18.3 Å². The molecule has 108 valence electrons. The molecule has 7 heteroatoms. The molecule has 0 spiro atoms. The number of pyridine rings is 1. The first kappa shape index (κ1) is 15.6. The summed E-state index contributed by atoms with van der Waals surface area (Å²) in [6.07, 6.45) is -2.10. The van der Waals surface area contributed by atoms with Gasteiger partial charge in [-0.1, -0.05) is 0 Å². The fourth-order valence-corrected chi connectivity index (χ4v) is 1.54. The summed E-state index contributed by atoms with van der Waals surface area (Å²) in [7, 11) is 1.52. The Hall–Kier alpha value is -1.50. The van der Waals surface area contributed by atoms with E-state index >= 15 is 0 Å². The average molecular weight is 277 g/mol. The first-order valence-corrected chi connectivity index (χ1v) is 6.09. The Balaban J connectivity index is 2.67. The molecule has 0 atom stereocenters. The third-order valence-corrected chi connectivity index (χ3v) is 2.55. The van der Waals surface area contributed by atoms with Crippen LogP contribution in [0.1, 0.15) is 24.8 Å². The van der Waals surface area contributed by atoms with Crippen LogP contribution in [0.2, 0.25) is 0 Å². The zero-order chi connectivity index (χ0) is 14.3. The molecule has 1 aromatic heterocycles. The topological polar surface area (TPSA) is 57.2 Å². The molecule has 1 heterocycles. The molecular formula is C12H18F3N3O. The van der Waals surface area contributed by atoms with Crippen molar-refractivity contribution in [2.24, 2.45) is 0 Å².